The maximum absolute atomic E-state index is 9.46. The molecule has 1 aliphatic carbocycles. The van der Waals surface area contributed by atoms with Gasteiger partial charge >= 0.3 is 0 Å². The van der Waals surface area contributed by atoms with Crippen LogP contribution in [0.25, 0.3) is 0 Å². The van der Waals surface area contributed by atoms with Crippen LogP contribution in [-0.4, -0.2) is 46.4 Å². The molecule has 1 aliphatic heterocycles. The lowest BCUT2D eigenvalue weighted by atomic mass is 9.97. The van der Waals surface area contributed by atoms with Gasteiger partial charge in [-0.1, -0.05) is 5.16 Å². The molecule has 2 heterocycles. The van der Waals surface area contributed by atoms with Crippen LogP contribution in [0.3, 0.4) is 0 Å². The van der Waals surface area contributed by atoms with Crippen molar-refractivity contribution in [1.29, 1.82) is 0 Å². The van der Waals surface area contributed by atoms with Crippen LogP contribution in [0.1, 0.15) is 30.5 Å². The summed E-state index contributed by atoms with van der Waals surface area (Å²) >= 11 is 0. The predicted molar refractivity (Wildman–Crippen MR) is 61.5 cm³/mol. The van der Waals surface area contributed by atoms with Crippen molar-refractivity contribution in [2.24, 2.45) is 11.8 Å². The van der Waals surface area contributed by atoms with Crippen LogP contribution in [0.5, 0.6) is 0 Å². The standard InChI is InChI=1S/C12H19N3O2/c1-8-13-12(17-14-8)11-6-15(4-9-2-3-9)5-10(11)7-16/h9-11,16H,2-7H2,1H3/t10-,11+/m0/s1. The van der Waals surface area contributed by atoms with Gasteiger partial charge in [0.15, 0.2) is 5.82 Å². The van der Waals surface area contributed by atoms with E-state index in [1.165, 1.54) is 19.4 Å². The molecule has 0 bridgehead atoms. The van der Waals surface area contributed by atoms with E-state index < -0.39 is 0 Å². The molecule has 2 atom stereocenters. The lowest BCUT2D eigenvalue weighted by Gasteiger charge is -2.13. The zero-order chi connectivity index (χ0) is 11.8. The Morgan fingerprint density at radius 3 is 2.82 bits per heavy atom. The maximum atomic E-state index is 9.46. The number of nitrogens with zero attached hydrogens (tertiary/aromatic N) is 3. The van der Waals surface area contributed by atoms with E-state index in [0.29, 0.717) is 11.7 Å². The summed E-state index contributed by atoms with van der Waals surface area (Å²) in [6.07, 6.45) is 2.73. The molecule has 0 amide bonds. The van der Waals surface area contributed by atoms with Crippen molar-refractivity contribution in [2.45, 2.75) is 25.7 Å². The zero-order valence-electron chi connectivity index (χ0n) is 10.2. The van der Waals surface area contributed by atoms with Crippen LogP contribution < -0.4 is 0 Å². The van der Waals surface area contributed by atoms with Gasteiger partial charge in [0.05, 0.1) is 5.92 Å². The van der Waals surface area contributed by atoms with Crippen molar-refractivity contribution in [1.82, 2.24) is 15.0 Å². The molecule has 1 saturated carbocycles. The summed E-state index contributed by atoms with van der Waals surface area (Å²) in [5.74, 6) is 2.71. The van der Waals surface area contributed by atoms with E-state index in [2.05, 4.69) is 15.0 Å². The Morgan fingerprint density at radius 2 is 2.24 bits per heavy atom. The summed E-state index contributed by atoms with van der Waals surface area (Å²) in [6.45, 7) is 5.10. The first kappa shape index (κ1) is 11.2. The Balaban J connectivity index is 1.69. The summed E-state index contributed by atoms with van der Waals surface area (Å²) in [5, 5.41) is 13.3. The molecule has 3 rings (SSSR count). The van der Waals surface area contributed by atoms with Gasteiger partial charge in [-0.05, 0) is 25.7 Å². The number of aryl methyl sites for hydroxylation is 1. The first-order valence-corrected chi connectivity index (χ1v) is 6.39. The Labute approximate surface area is 101 Å². The molecule has 2 fully saturated rings. The molecule has 1 aromatic heterocycles. The molecular formula is C12H19N3O2. The van der Waals surface area contributed by atoms with Gasteiger partial charge in [-0.2, -0.15) is 4.98 Å². The molecule has 0 aromatic carbocycles. The topological polar surface area (TPSA) is 62.4 Å². The fraction of sp³-hybridized carbons (Fsp3) is 0.833. The molecule has 1 N–H and O–H groups in total. The first-order chi connectivity index (χ1) is 8.26. The van der Waals surface area contributed by atoms with Gasteiger partial charge in [-0.3, -0.25) is 0 Å². The van der Waals surface area contributed by atoms with E-state index in [-0.39, 0.29) is 18.4 Å². The highest BCUT2D eigenvalue weighted by Gasteiger charge is 2.38. The summed E-state index contributed by atoms with van der Waals surface area (Å²) < 4.78 is 5.25. The Bertz CT molecular complexity index is 389. The van der Waals surface area contributed by atoms with E-state index >= 15 is 0 Å². The van der Waals surface area contributed by atoms with Gasteiger partial charge in [0.2, 0.25) is 5.89 Å². The van der Waals surface area contributed by atoms with Gasteiger partial charge in [0, 0.05) is 32.2 Å². The molecular weight excluding hydrogens is 218 g/mol. The highest BCUT2D eigenvalue weighted by Crippen LogP contribution is 2.36. The van der Waals surface area contributed by atoms with Crippen LogP contribution in [0.15, 0.2) is 4.52 Å². The molecule has 1 aromatic rings. The first-order valence-electron chi connectivity index (χ1n) is 6.39. The number of hydrogen-bond acceptors (Lipinski definition) is 5. The van der Waals surface area contributed by atoms with E-state index in [9.17, 15) is 5.11 Å². The third-order valence-electron chi connectivity index (χ3n) is 3.82. The maximum Gasteiger partial charge on any atom is 0.231 e. The molecule has 0 spiro atoms. The average Bonchev–Trinajstić information content (AvgIpc) is 2.87. The smallest absolute Gasteiger partial charge is 0.231 e. The lowest BCUT2D eigenvalue weighted by Crippen LogP contribution is -2.23. The largest absolute Gasteiger partial charge is 0.396 e. The van der Waals surface area contributed by atoms with Crippen molar-refractivity contribution in [2.75, 3.05) is 26.2 Å². The number of likely N-dealkylation sites (tertiary alicyclic amines) is 1. The van der Waals surface area contributed by atoms with Gasteiger partial charge in [-0.15, -0.1) is 0 Å². The summed E-state index contributed by atoms with van der Waals surface area (Å²) in [5.41, 5.74) is 0. The second-order valence-electron chi connectivity index (χ2n) is 5.39. The number of aromatic nitrogens is 2. The zero-order valence-corrected chi connectivity index (χ0v) is 10.2. The molecule has 1 saturated heterocycles. The molecule has 5 heteroatoms. The average molecular weight is 237 g/mol. The molecule has 0 unspecified atom stereocenters. The molecule has 94 valence electrons. The number of aliphatic hydroxyl groups is 1. The van der Waals surface area contributed by atoms with Gasteiger partial charge in [-0.25, -0.2) is 0 Å². The molecule has 0 radical (unpaired) electrons. The van der Waals surface area contributed by atoms with E-state index in [0.717, 1.165) is 19.0 Å². The second-order valence-corrected chi connectivity index (χ2v) is 5.39. The van der Waals surface area contributed by atoms with Crippen molar-refractivity contribution in [3.63, 3.8) is 0 Å². The Morgan fingerprint density at radius 1 is 1.41 bits per heavy atom. The van der Waals surface area contributed by atoms with Crippen LogP contribution >= 0.6 is 0 Å². The van der Waals surface area contributed by atoms with Crippen LogP contribution in [0.2, 0.25) is 0 Å². The summed E-state index contributed by atoms with van der Waals surface area (Å²) in [6, 6.07) is 0. The Kier molecular flexibility index (Phi) is 2.88. The van der Waals surface area contributed by atoms with Crippen molar-refractivity contribution in [3.8, 4) is 0 Å². The lowest BCUT2D eigenvalue weighted by molar-refractivity contribution is 0.205. The van der Waals surface area contributed by atoms with Crippen LogP contribution in [0.4, 0.5) is 0 Å². The molecule has 5 nitrogen and oxygen atoms in total. The summed E-state index contributed by atoms with van der Waals surface area (Å²) in [7, 11) is 0. The molecule has 17 heavy (non-hydrogen) atoms. The number of hydrogen-bond donors (Lipinski definition) is 1. The normalized spacial score (nSPS) is 30.0. The van der Waals surface area contributed by atoms with Crippen LogP contribution in [0, 0.1) is 18.8 Å². The highest BCUT2D eigenvalue weighted by molar-refractivity contribution is 5.02. The van der Waals surface area contributed by atoms with Gasteiger partial charge in [0.25, 0.3) is 0 Å². The quantitative estimate of drug-likeness (QED) is 0.839. The van der Waals surface area contributed by atoms with Crippen LogP contribution in [-0.2, 0) is 0 Å². The third kappa shape index (κ3) is 2.35. The van der Waals surface area contributed by atoms with Gasteiger partial charge < -0.3 is 14.5 Å². The minimum absolute atomic E-state index is 0.202. The van der Waals surface area contributed by atoms with Gasteiger partial charge in [0.1, 0.15) is 0 Å². The van der Waals surface area contributed by atoms with E-state index in [1.807, 2.05) is 6.92 Å². The Hall–Kier alpha value is -0.940. The SMILES string of the molecule is Cc1noc([C@@H]2CN(CC3CC3)C[C@H]2CO)n1. The number of rotatable bonds is 4. The fourth-order valence-corrected chi connectivity index (χ4v) is 2.70. The summed E-state index contributed by atoms with van der Waals surface area (Å²) in [4.78, 5) is 6.74. The van der Waals surface area contributed by atoms with Crippen molar-refractivity contribution < 1.29 is 9.63 Å². The molecule has 2 aliphatic rings. The third-order valence-corrected chi connectivity index (χ3v) is 3.82. The van der Waals surface area contributed by atoms with Crippen molar-refractivity contribution >= 4 is 0 Å². The van der Waals surface area contributed by atoms with Crippen molar-refractivity contribution in [3.05, 3.63) is 11.7 Å². The second kappa shape index (κ2) is 4.38. The van der Waals surface area contributed by atoms with E-state index in [4.69, 9.17) is 4.52 Å². The monoisotopic (exact) mass is 237 g/mol. The minimum atomic E-state index is 0.202. The van der Waals surface area contributed by atoms with E-state index in [1.54, 1.807) is 0 Å². The minimum Gasteiger partial charge on any atom is -0.396 e. The predicted octanol–water partition coefficient (Wildman–Crippen LogP) is 0.796. The fourth-order valence-electron chi connectivity index (χ4n) is 2.70. The highest BCUT2D eigenvalue weighted by atomic mass is 16.5. The number of aliphatic hydroxyl groups excluding tert-OH is 1.